The van der Waals surface area contributed by atoms with E-state index in [1.165, 1.54) is 0 Å². The summed E-state index contributed by atoms with van der Waals surface area (Å²) in [6, 6.07) is 13.4. The second-order valence-corrected chi connectivity index (χ2v) is 5.95. The van der Waals surface area contributed by atoms with Crippen molar-refractivity contribution in [2.75, 3.05) is 11.1 Å². The molecule has 0 aliphatic carbocycles. The minimum Gasteiger partial charge on any atom is -0.398 e. The van der Waals surface area contributed by atoms with Crippen molar-refractivity contribution in [2.45, 2.75) is 0 Å². The van der Waals surface area contributed by atoms with Gasteiger partial charge in [0.15, 0.2) is 0 Å². The molecule has 0 spiro atoms. The van der Waals surface area contributed by atoms with E-state index in [0.717, 1.165) is 36.6 Å². The standard InChI is InChI=1S/C15H11ClIN3/c16-9-3-5-13(11(17)8-9)20-14-6-4-12(18)10-2-1-7-19-15(10)14/h1-8,20H,18H2. The Labute approximate surface area is 135 Å². The quantitative estimate of drug-likeness (QED) is 0.483. The predicted molar refractivity (Wildman–Crippen MR) is 93.6 cm³/mol. The molecule has 3 N–H and O–H groups in total. The lowest BCUT2D eigenvalue weighted by Gasteiger charge is -2.12. The van der Waals surface area contributed by atoms with Crippen LogP contribution >= 0.6 is 34.2 Å². The number of anilines is 3. The third-order valence-corrected chi connectivity index (χ3v) is 4.13. The minimum atomic E-state index is 0.722. The summed E-state index contributed by atoms with van der Waals surface area (Å²) < 4.78 is 1.05. The number of hydrogen-bond acceptors (Lipinski definition) is 3. The summed E-state index contributed by atoms with van der Waals surface area (Å²) in [5.74, 6) is 0. The second kappa shape index (κ2) is 5.46. The maximum atomic E-state index is 5.98. The Balaban J connectivity index is 2.09. The second-order valence-electron chi connectivity index (χ2n) is 4.35. The number of nitrogens with two attached hydrogens (primary N) is 1. The highest BCUT2D eigenvalue weighted by Gasteiger charge is 2.07. The van der Waals surface area contributed by atoms with Crippen LogP contribution in [0.1, 0.15) is 0 Å². The number of nitrogens with one attached hydrogen (secondary N) is 1. The molecule has 0 aliphatic heterocycles. The van der Waals surface area contributed by atoms with Crippen LogP contribution in [0.25, 0.3) is 10.9 Å². The topological polar surface area (TPSA) is 50.9 Å². The maximum Gasteiger partial charge on any atom is 0.0957 e. The third kappa shape index (κ3) is 2.53. The Morgan fingerprint density at radius 3 is 2.70 bits per heavy atom. The zero-order valence-corrected chi connectivity index (χ0v) is 13.3. The number of rotatable bonds is 2. The summed E-state index contributed by atoms with van der Waals surface area (Å²) in [6.45, 7) is 0. The fraction of sp³-hybridized carbons (Fsp3) is 0. The summed E-state index contributed by atoms with van der Waals surface area (Å²) in [7, 11) is 0. The number of fused-ring (bicyclic) bond motifs is 1. The van der Waals surface area contributed by atoms with Gasteiger partial charge in [-0.15, -0.1) is 0 Å². The van der Waals surface area contributed by atoms with Gasteiger partial charge < -0.3 is 11.1 Å². The van der Waals surface area contributed by atoms with Crippen LogP contribution in [0.3, 0.4) is 0 Å². The van der Waals surface area contributed by atoms with E-state index in [0.29, 0.717) is 0 Å². The first kappa shape index (κ1) is 13.5. The summed E-state index contributed by atoms with van der Waals surface area (Å²) in [6.07, 6.45) is 1.76. The molecule has 1 heterocycles. The lowest BCUT2D eigenvalue weighted by atomic mass is 10.1. The number of benzene rings is 2. The van der Waals surface area contributed by atoms with Gasteiger partial charge >= 0.3 is 0 Å². The minimum absolute atomic E-state index is 0.722. The first-order chi connectivity index (χ1) is 9.65. The Morgan fingerprint density at radius 2 is 1.90 bits per heavy atom. The van der Waals surface area contributed by atoms with Crippen LogP contribution in [-0.2, 0) is 0 Å². The van der Waals surface area contributed by atoms with E-state index < -0.39 is 0 Å². The SMILES string of the molecule is Nc1ccc(Nc2ccc(Cl)cc2I)c2ncccc12. The molecule has 100 valence electrons. The first-order valence-electron chi connectivity index (χ1n) is 6.00. The molecule has 3 aromatic rings. The summed E-state index contributed by atoms with van der Waals surface area (Å²) >= 11 is 8.23. The van der Waals surface area contributed by atoms with E-state index in [-0.39, 0.29) is 0 Å². The zero-order chi connectivity index (χ0) is 14.1. The highest BCUT2D eigenvalue weighted by atomic mass is 127. The molecule has 0 saturated carbocycles. The normalized spacial score (nSPS) is 10.7. The van der Waals surface area contributed by atoms with E-state index in [1.807, 2.05) is 42.5 Å². The van der Waals surface area contributed by atoms with E-state index in [4.69, 9.17) is 17.3 Å². The molecule has 0 fully saturated rings. The molecule has 0 atom stereocenters. The van der Waals surface area contributed by atoms with Gasteiger partial charge in [0.2, 0.25) is 0 Å². The van der Waals surface area contributed by atoms with Crippen molar-refractivity contribution in [3.8, 4) is 0 Å². The molecule has 3 rings (SSSR count). The molecular formula is C15H11ClIN3. The average molecular weight is 396 g/mol. The number of nitrogen functional groups attached to an aromatic ring is 1. The summed E-state index contributed by atoms with van der Waals surface area (Å²) in [5.41, 5.74) is 9.49. The fourth-order valence-corrected chi connectivity index (χ4v) is 3.04. The van der Waals surface area contributed by atoms with Crippen LogP contribution in [0, 0.1) is 3.57 Å². The molecule has 0 bridgehead atoms. The number of hydrogen-bond donors (Lipinski definition) is 2. The van der Waals surface area contributed by atoms with Gasteiger partial charge in [0.1, 0.15) is 0 Å². The van der Waals surface area contributed by atoms with Crippen LogP contribution in [-0.4, -0.2) is 4.98 Å². The van der Waals surface area contributed by atoms with Crippen LogP contribution in [0.15, 0.2) is 48.7 Å². The Kier molecular flexibility index (Phi) is 3.67. The molecule has 0 aliphatic rings. The number of halogens is 2. The number of pyridine rings is 1. The molecule has 1 aromatic heterocycles. The van der Waals surface area contributed by atoms with Gasteiger partial charge in [0, 0.05) is 25.9 Å². The highest BCUT2D eigenvalue weighted by Crippen LogP contribution is 2.31. The monoisotopic (exact) mass is 395 g/mol. The molecular weight excluding hydrogens is 385 g/mol. The van der Waals surface area contributed by atoms with Crippen molar-refractivity contribution in [1.82, 2.24) is 4.98 Å². The summed E-state index contributed by atoms with van der Waals surface area (Å²) in [5, 5.41) is 5.05. The van der Waals surface area contributed by atoms with E-state index >= 15 is 0 Å². The van der Waals surface area contributed by atoms with Crippen molar-refractivity contribution >= 4 is 62.2 Å². The van der Waals surface area contributed by atoms with Crippen LogP contribution in [0.5, 0.6) is 0 Å². The van der Waals surface area contributed by atoms with Gasteiger partial charge in [-0.1, -0.05) is 11.6 Å². The molecule has 0 saturated heterocycles. The van der Waals surface area contributed by atoms with Gasteiger partial charge in [-0.25, -0.2) is 0 Å². The Hall–Kier alpha value is -1.53. The fourth-order valence-electron chi connectivity index (χ4n) is 2.03. The van der Waals surface area contributed by atoms with Crippen molar-refractivity contribution in [3.05, 3.63) is 57.3 Å². The van der Waals surface area contributed by atoms with Gasteiger partial charge in [-0.3, -0.25) is 4.98 Å². The Bertz CT molecular complexity index is 789. The predicted octanol–water partition coefficient (Wildman–Crippen LogP) is 4.82. The molecule has 5 heteroatoms. The number of aromatic nitrogens is 1. The van der Waals surface area contributed by atoms with E-state index in [1.54, 1.807) is 6.20 Å². The molecule has 0 radical (unpaired) electrons. The van der Waals surface area contributed by atoms with Crippen LogP contribution < -0.4 is 11.1 Å². The zero-order valence-electron chi connectivity index (χ0n) is 10.4. The van der Waals surface area contributed by atoms with Gasteiger partial charge in [0.05, 0.1) is 16.9 Å². The first-order valence-corrected chi connectivity index (χ1v) is 7.46. The van der Waals surface area contributed by atoms with Crippen LogP contribution in [0.2, 0.25) is 5.02 Å². The van der Waals surface area contributed by atoms with Crippen molar-refractivity contribution in [1.29, 1.82) is 0 Å². The molecule has 0 amide bonds. The Morgan fingerprint density at radius 1 is 1.10 bits per heavy atom. The smallest absolute Gasteiger partial charge is 0.0957 e. The third-order valence-electron chi connectivity index (χ3n) is 3.00. The summed E-state index contributed by atoms with van der Waals surface area (Å²) in [4.78, 5) is 4.41. The lowest BCUT2D eigenvalue weighted by molar-refractivity contribution is 1.40. The van der Waals surface area contributed by atoms with Gasteiger partial charge in [-0.2, -0.15) is 0 Å². The van der Waals surface area contributed by atoms with E-state index in [2.05, 4.69) is 32.9 Å². The van der Waals surface area contributed by atoms with Crippen LogP contribution in [0.4, 0.5) is 17.1 Å². The number of nitrogens with zero attached hydrogens (tertiary/aromatic N) is 1. The van der Waals surface area contributed by atoms with Crippen molar-refractivity contribution < 1.29 is 0 Å². The molecule has 2 aromatic carbocycles. The van der Waals surface area contributed by atoms with Gasteiger partial charge in [-0.05, 0) is 65.1 Å². The van der Waals surface area contributed by atoms with Gasteiger partial charge in [0.25, 0.3) is 0 Å². The highest BCUT2D eigenvalue weighted by molar-refractivity contribution is 14.1. The molecule has 20 heavy (non-hydrogen) atoms. The molecule has 3 nitrogen and oxygen atoms in total. The largest absolute Gasteiger partial charge is 0.398 e. The van der Waals surface area contributed by atoms with Crippen molar-refractivity contribution in [2.24, 2.45) is 0 Å². The maximum absolute atomic E-state index is 5.98. The van der Waals surface area contributed by atoms with E-state index in [9.17, 15) is 0 Å². The molecule has 0 unspecified atom stereocenters. The lowest BCUT2D eigenvalue weighted by Crippen LogP contribution is -1.97. The average Bonchev–Trinajstić information content (AvgIpc) is 2.45. The van der Waals surface area contributed by atoms with Crippen molar-refractivity contribution in [3.63, 3.8) is 0 Å².